The zero-order valence-corrected chi connectivity index (χ0v) is 15.3. The fourth-order valence-electron chi connectivity index (χ4n) is 2.62. The zero-order chi connectivity index (χ0) is 18.4. The number of likely N-dealkylation sites (tertiary alicyclic amines) is 1. The van der Waals surface area contributed by atoms with Gasteiger partial charge < -0.3 is 19.7 Å². The van der Waals surface area contributed by atoms with Crippen LogP contribution in [0.1, 0.15) is 40.5 Å². The van der Waals surface area contributed by atoms with Crippen molar-refractivity contribution in [2.24, 2.45) is 0 Å². The van der Waals surface area contributed by atoms with Crippen molar-refractivity contribution in [2.45, 2.75) is 58.3 Å². The third-order valence-corrected chi connectivity index (χ3v) is 3.79. The van der Waals surface area contributed by atoms with Gasteiger partial charge in [0.05, 0.1) is 6.20 Å². The van der Waals surface area contributed by atoms with Crippen LogP contribution in [0.3, 0.4) is 0 Å². The molecule has 0 bridgehead atoms. The van der Waals surface area contributed by atoms with Gasteiger partial charge in [0.1, 0.15) is 23.5 Å². The summed E-state index contributed by atoms with van der Waals surface area (Å²) in [4.78, 5) is 30.0. The minimum Gasteiger partial charge on any atom is -0.489 e. The smallest absolute Gasteiger partial charge is 0.408 e. The van der Waals surface area contributed by atoms with Crippen molar-refractivity contribution in [3.63, 3.8) is 0 Å². The molecule has 2 rings (SSSR count). The summed E-state index contributed by atoms with van der Waals surface area (Å²) in [6.07, 6.45) is 4.38. The maximum Gasteiger partial charge on any atom is 0.408 e. The molecule has 1 atom stereocenters. The molecule has 1 N–H and O–H groups in total. The van der Waals surface area contributed by atoms with E-state index < -0.39 is 17.7 Å². The molecule has 1 aliphatic rings. The second kappa shape index (κ2) is 8.18. The number of amides is 2. The molecule has 0 aromatic carbocycles. The molecule has 7 heteroatoms. The van der Waals surface area contributed by atoms with Gasteiger partial charge in [0.15, 0.2) is 0 Å². The SMILES string of the molecule is C[C@H](NC(=O)OC(C)(C)C)C(=O)N1CCC(Oc2cccnc2)CC1. The van der Waals surface area contributed by atoms with Crippen LogP contribution in [-0.4, -0.2) is 52.7 Å². The van der Waals surface area contributed by atoms with Crippen molar-refractivity contribution in [1.29, 1.82) is 0 Å². The molecular formula is C18H27N3O4. The van der Waals surface area contributed by atoms with E-state index in [9.17, 15) is 9.59 Å². The molecule has 0 unspecified atom stereocenters. The summed E-state index contributed by atoms with van der Waals surface area (Å²) < 4.78 is 11.1. The van der Waals surface area contributed by atoms with Crippen LogP contribution in [0.5, 0.6) is 5.75 Å². The second-order valence-electron chi connectivity index (χ2n) is 7.20. The van der Waals surface area contributed by atoms with Gasteiger partial charge >= 0.3 is 6.09 Å². The molecule has 1 fully saturated rings. The van der Waals surface area contributed by atoms with E-state index in [2.05, 4.69) is 10.3 Å². The Balaban J connectivity index is 1.77. The van der Waals surface area contributed by atoms with Gasteiger partial charge in [-0.2, -0.15) is 0 Å². The monoisotopic (exact) mass is 349 g/mol. The lowest BCUT2D eigenvalue weighted by Gasteiger charge is -2.33. The van der Waals surface area contributed by atoms with Crippen molar-refractivity contribution >= 4 is 12.0 Å². The number of piperidine rings is 1. The zero-order valence-electron chi connectivity index (χ0n) is 15.3. The summed E-state index contributed by atoms with van der Waals surface area (Å²) in [7, 11) is 0. The van der Waals surface area contributed by atoms with E-state index in [1.807, 2.05) is 12.1 Å². The van der Waals surface area contributed by atoms with Gasteiger partial charge in [-0.3, -0.25) is 9.78 Å². The van der Waals surface area contributed by atoms with Crippen molar-refractivity contribution in [3.8, 4) is 5.75 Å². The first-order valence-corrected chi connectivity index (χ1v) is 8.59. The van der Waals surface area contributed by atoms with Crippen molar-refractivity contribution in [1.82, 2.24) is 15.2 Å². The van der Waals surface area contributed by atoms with Crippen LogP contribution in [0.2, 0.25) is 0 Å². The Labute approximate surface area is 148 Å². The van der Waals surface area contributed by atoms with Gasteiger partial charge in [-0.25, -0.2) is 4.79 Å². The highest BCUT2D eigenvalue weighted by molar-refractivity contribution is 5.85. The molecule has 1 aromatic heterocycles. The molecule has 0 radical (unpaired) electrons. The van der Waals surface area contributed by atoms with Crippen LogP contribution in [0, 0.1) is 0 Å². The van der Waals surface area contributed by atoms with Gasteiger partial charge in [0.25, 0.3) is 0 Å². The van der Waals surface area contributed by atoms with Gasteiger partial charge in [0, 0.05) is 32.1 Å². The highest BCUT2D eigenvalue weighted by Crippen LogP contribution is 2.18. The lowest BCUT2D eigenvalue weighted by atomic mass is 10.1. The Kier molecular flexibility index (Phi) is 6.22. The topological polar surface area (TPSA) is 80.8 Å². The number of ether oxygens (including phenoxy) is 2. The Hall–Kier alpha value is -2.31. The number of alkyl carbamates (subject to hydrolysis) is 1. The second-order valence-corrected chi connectivity index (χ2v) is 7.20. The first-order chi connectivity index (χ1) is 11.7. The molecule has 0 aliphatic carbocycles. The molecule has 0 spiro atoms. The minimum absolute atomic E-state index is 0.0716. The summed E-state index contributed by atoms with van der Waals surface area (Å²) in [6, 6.07) is 3.08. The molecule has 0 saturated carbocycles. The largest absolute Gasteiger partial charge is 0.489 e. The van der Waals surface area contributed by atoms with Gasteiger partial charge in [-0.15, -0.1) is 0 Å². The predicted octanol–water partition coefficient (Wildman–Crippen LogP) is 2.36. The average molecular weight is 349 g/mol. The fraction of sp³-hybridized carbons (Fsp3) is 0.611. The molecule has 2 amide bonds. The standard InChI is InChI=1S/C18H27N3O4/c1-13(20-17(23)25-18(2,3)4)16(22)21-10-7-14(8-11-21)24-15-6-5-9-19-12-15/h5-6,9,12-14H,7-8,10-11H2,1-4H3,(H,20,23)/t13-/m0/s1. The number of carbonyl (C=O) groups is 2. The molecule has 1 aromatic rings. The molecule has 1 aliphatic heterocycles. The number of nitrogens with one attached hydrogen (secondary N) is 1. The lowest BCUT2D eigenvalue weighted by molar-refractivity contribution is -0.134. The van der Waals surface area contributed by atoms with E-state index in [4.69, 9.17) is 9.47 Å². The van der Waals surface area contributed by atoms with Gasteiger partial charge in [0.2, 0.25) is 5.91 Å². The third kappa shape index (κ3) is 6.25. The first-order valence-electron chi connectivity index (χ1n) is 8.59. The van der Waals surface area contributed by atoms with Crippen LogP contribution in [0.4, 0.5) is 4.79 Å². The van der Waals surface area contributed by atoms with Crippen molar-refractivity contribution < 1.29 is 19.1 Å². The quantitative estimate of drug-likeness (QED) is 0.902. The van der Waals surface area contributed by atoms with Crippen LogP contribution >= 0.6 is 0 Å². The summed E-state index contributed by atoms with van der Waals surface area (Å²) in [6.45, 7) is 8.23. The van der Waals surface area contributed by atoms with E-state index in [-0.39, 0.29) is 12.0 Å². The van der Waals surface area contributed by atoms with E-state index in [0.717, 1.165) is 18.6 Å². The fourth-order valence-corrected chi connectivity index (χ4v) is 2.62. The van der Waals surface area contributed by atoms with E-state index in [1.165, 1.54) is 0 Å². The van der Waals surface area contributed by atoms with Crippen molar-refractivity contribution in [2.75, 3.05) is 13.1 Å². The molecule has 25 heavy (non-hydrogen) atoms. The Morgan fingerprint density at radius 1 is 1.32 bits per heavy atom. The lowest BCUT2D eigenvalue weighted by Crippen LogP contribution is -2.51. The summed E-state index contributed by atoms with van der Waals surface area (Å²) in [5, 5.41) is 2.59. The Morgan fingerprint density at radius 3 is 2.56 bits per heavy atom. The van der Waals surface area contributed by atoms with E-state index >= 15 is 0 Å². The van der Waals surface area contributed by atoms with Gasteiger partial charge in [-0.1, -0.05) is 0 Å². The van der Waals surface area contributed by atoms with Crippen molar-refractivity contribution in [3.05, 3.63) is 24.5 Å². The molecule has 138 valence electrons. The van der Waals surface area contributed by atoms with E-state index in [1.54, 1.807) is 45.0 Å². The Bertz CT molecular complexity index is 578. The summed E-state index contributed by atoms with van der Waals surface area (Å²) >= 11 is 0. The van der Waals surface area contributed by atoms with Crippen LogP contribution in [0.25, 0.3) is 0 Å². The molecule has 2 heterocycles. The number of carbonyl (C=O) groups excluding carboxylic acids is 2. The summed E-state index contributed by atoms with van der Waals surface area (Å²) in [5.74, 6) is 0.637. The van der Waals surface area contributed by atoms with Gasteiger partial charge in [-0.05, 0) is 39.8 Å². The number of hydrogen-bond donors (Lipinski definition) is 1. The van der Waals surface area contributed by atoms with E-state index in [0.29, 0.717) is 13.1 Å². The number of rotatable bonds is 4. The Morgan fingerprint density at radius 2 is 2.00 bits per heavy atom. The summed E-state index contributed by atoms with van der Waals surface area (Å²) in [5.41, 5.74) is -0.588. The predicted molar refractivity (Wildman–Crippen MR) is 93.3 cm³/mol. The maximum atomic E-state index is 12.5. The molecule has 1 saturated heterocycles. The highest BCUT2D eigenvalue weighted by Gasteiger charge is 2.28. The normalized spacial score (nSPS) is 16.9. The van der Waals surface area contributed by atoms with Crippen LogP contribution in [-0.2, 0) is 9.53 Å². The minimum atomic E-state index is -0.620. The molecular weight excluding hydrogens is 322 g/mol. The number of hydrogen-bond acceptors (Lipinski definition) is 5. The first kappa shape index (κ1) is 19.0. The average Bonchev–Trinajstić information content (AvgIpc) is 2.54. The third-order valence-electron chi connectivity index (χ3n) is 3.79. The van der Waals surface area contributed by atoms with Crippen LogP contribution in [0.15, 0.2) is 24.5 Å². The number of pyridine rings is 1. The highest BCUT2D eigenvalue weighted by atomic mass is 16.6. The number of aromatic nitrogens is 1. The number of nitrogens with zero attached hydrogens (tertiary/aromatic N) is 2. The molecule has 7 nitrogen and oxygen atoms in total. The van der Waals surface area contributed by atoms with Crippen LogP contribution < -0.4 is 10.1 Å². The maximum absolute atomic E-state index is 12.5.